The van der Waals surface area contributed by atoms with Crippen LogP contribution in [0, 0.1) is 0 Å². The summed E-state index contributed by atoms with van der Waals surface area (Å²) in [5.41, 5.74) is 4.07. The summed E-state index contributed by atoms with van der Waals surface area (Å²) in [5, 5.41) is 4.86. The van der Waals surface area contributed by atoms with Gasteiger partial charge in [-0.2, -0.15) is 0 Å². The van der Waals surface area contributed by atoms with Crippen LogP contribution in [0.15, 0.2) is 83.8 Å². The van der Waals surface area contributed by atoms with E-state index >= 15 is 0 Å². The Morgan fingerprint density at radius 3 is 2.42 bits per heavy atom. The van der Waals surface area contributed by atoms with E-state index in [0.29, 0.717) is 11.3 Å². The van der Waals surface area contributed by atoms with Crippen molar-refractivity contribution in [3.8, 4) is 10.6 Å². The lowest BCUT2D eigenvalue weighted by Crippen LogP contribution is -2.29. The molecule has 0 unspecified atom stereocenters. The Kier molecular flexibility index (Phi) is 8.25. The summed E-state index contributed by atoms with van der Waals surface area (Å²) in [6.07, 6.45) is 0.914. The van der Waals surface area contributed by atoms with Crippen LogP contribution in [-0.2, 0) is 23.0 Å². The summed E-state index contributed by atoms with van der Waals surface area (Å²) >= 11 is 3.26. The number of likely N-dealkylation sites (N-methyl/N-ethyl adjacent to an activating group) is 1. The number of para-hydroxylation sites is 1. The fourth-order valence-corrected chi connectivity index (χ4v) is 8.17. The maximum absolute atomic E-state index is 13.4. The standard InChI is InChI=1S/C29H26N4O3S3.ClH/c1-2-33-17-16-22-25(18-33)38-29(26(22)28-30-23-10-6-7-11-24(23)37-28)31-27(34)19-12-14-20(15-13-19)32-39(35,36)21-8-4-3-5-9-21;/h3-15,32H,2,16-18H2,1H3,(H,31,34);1H. The van der Waals surface area contributed by atoms with Gasteiger partial charge in [0, 0.05) is 34.8 Å². The fraction of sp³-hybridized carbons (Fsp3) is 0.172. The van der Waals surface area contributed by atoms with Gasteiger partial charge in [-0.1, -0.05) is 37.3 Å². The third kappa shape index (κ3) is 5.63. The molecule has 0 bridgehead atoms. The number of nitrogens with one attached hydrogen (secondary N) is 2. The first-order valence-corrected chi connectivity index (χ1v) is 15.7. The molecular formula is C29H27ClN4O3S3. The minimum atomic E-state index is -3.71. The number of hydrogen-bond donors (Lipinski definition) is 2. The number of hydrogen-bond acceptors (Lipinski definition) is 7. The molecule has 3 heterocycles. The Bertz CT molecular complexity index is 1730. The highest BCUT2D eigenvalue weighted by Crippen LogP contribution is 2.45. The first-order valence-electron chi connectivity index (χ1n) is 12.6. The number of halogens is 1. The zero-order valence-corrected chi connectivity index (χ0v) is 24.9. The highest BCUT2D eigenvalue weighted by atomic mass is 35.5. The molecule has 5 aromatic rings. The van der Waals surface area contributed by atoms with Gasteiger partial charge in [-0.15, -0.1) is 35.1 Å². The summed E-state index contributed by atoms with van der Waals surface area (Å²) in [7, 11) is -3.71. The van der Waals surface area contributed by atoms with Gasteiger partial charge in [-0.05, 0) is 67.1 Å². The SMILES string of the molecule is CCN1CCc2c(sc(NC(=O)c3ccc(NS(=O)(=O)c4ccccc4)cc3)c2-c2nc3ccccc3s2)C1.Cl. The molecule has 0 saturated heterocycles. The van der Waals surface area contributed by atoms with Crippen molar-refractivity contribution in [2.24, 2.45) is 0 Å². The van der Waals surface area contributed by atoms with Crippen LogP contribution < -0.4 is 10.0 Å². The summed E-state index contributed by atoms with van der Waals surface area (Å²) in [5.74, 6) is -0.249. The molecule has 1 aliphatic rings. The predicted octanol–water partition coefficient (Wildman–Crippen LogP) is 6.88. The second-order valence-electron chi connectivity index (χ2n) is 9.26. The Morgan fingerprint density at radius 2 is 1.70 bits per heavy atom. The number of carbonyl (C=O) groups is 1. The van der Waals surface area contributed by atoms with Gasteiger partial charge in [0.2, 0.25) is 0 Å². The Hall–Kier alpha value is -3.28. The normalized spacial score (nSPS) is 13.4. The van der Waals surface area contributed by atoms with Crippen molar-refractivity contribution in [2.75, 3.05) is 23.1 Å². The lowest BCUT2D eigenvalue weighted by Gasteiger charge is -2.25. The molecule has 0 aliphatic carbocycles. The molecule has 0 radical (unpaired) electrons. The van der Waals surface area contributed by atoms with E-state index in [4.69, 9.17) is 4.98 Å². The number of benzene rings is 3. The van der Waals surface area contributed by atoms with E-state index in [-0.39, 0.29) is 23.2 Å². The number of amides is 1. The van der Waals surface area contributed by atoms with Crippen LogP contribution in [0.25, 0.3) is 20.8 Å². The number of fused-ring (bicyclic) bond motifs is 2. The smallest absolute Gasteiger partial charge is 0.261 e. The lowest BCUT2D eigenvalue weighted by molar-refractivity contribution is 0.102. The highest BCUT2D eigenvalue weighted by Gasteiger charge is 2.27. The first-order chi connectivity index (χ1) is 18.9. The van der Waals surface area contributed by atoms with Gasteiger partial charge in [0.15, 0.2) is 0 Å². The molecule has 0 spiro atoms. The van der Waals surface area contributed by atoms with Crippen LogP contribution in [0.4, 0.5) is 10.7 Å². The Morgan fingerprint density at radius 1 is 0.975 bits per heavy atom. The van der Waals surface area contributed by atoms with Gasteiger partial charge in [0.1, 0.15) is 10.0 Å². The summed E-state index contributed by atoms with van der Waals surface area (Å²) in [4.78, 5) is 22.1. The number of rotatable bonds is 7. The van der Waals surface area contributed by atoms with Gasteiger partial charge < -0.3 is 5.32 Å². The van der Waals surface area contributed by atoms with Crippen molar-refractivity contribution in [1.82, 2.24) is 9.88 Å². The molecule has 7 nitrogen and oxygen atoms in total. The van der Waals surface area contributed by atoms with E-state index in [9.17, 15) is 13.2 Å². The zero-order valence-electron chi connectivity index (χ0n) is 21.6. The molecule has 0 saturated carbocycles. The number of sulfonamides is 1. The van der Waals surface area contributed by atoms with Crippen LogP contribution >= 0.6 is 35.1 Å². The van der Waals surface area contributed by atoms with Gasteiger partial charge in [0.05, 0.1) is 15.1 Å². The van der Waals surface area contributed by atoms with E-state index in [2.05, 4.69) is 27.9 Å². The minimum Gasteiger partial charge on any atom is -0.313 e. The predicted molar refractivity (Wildman–Crippen MR) is 166 cm³/mol. The second-order valence-corrected chi connectivity index (χ2v) is 13.1. The van der Waals surface area contributed by atoms with E-state index in [1.54, 1.807) is 65.1 Å². The minimum absolute atomic E-state index is 0. The number of thiophene rings is 1. The van der Waals surface area contributed by atoms with Crippen molar-refractivity contribution in [3.05, 3.63) is 94.9 Å². The van der Waals surface area contributed by atoms with Crippen LogP contribution in [0.3, 0.4) is 0 Å². The number of nitrogens with zero attached hydrogens (tertiary/aromatic N) is 2. The molecule has 40 heavy (non-hydrogen) atoms. The average molecular weight is 611 g/mol. The van der Waals surface area contributed by atoms with Crippen LogP contribution in [0.2, 0.25) is 0 Å². The van der Waals surface area contributed by atoms with E-state index in [0.717, 1.165) is 51.8 Å². The van der Waals surface area contributed by atoms with E-state index in [1.807, 2.05) is 18.2 Å². The van der Waals surface area contributed by atoms with Crippen LogP contribution in [0.1, 0.15) is 27.7 Å². The third-order valence-electron chi connectivity index (χ3n) is 6.77. The van der Waals surface area contributed by atoms with Crippen molar-refractivity contribution in [2.45, 2.75) is 24.8 Å². The first kappa shape index (κ1) is 28.3. The largest absolute Gasteiger partial charge is 0.313 e. The van der Waals surface area contributed by atoms with Crippen LogP contribution in [0.5, 0.6) is 0 Å². The molecule has 2 aromatic heterocycles. The lowest BCUT2D eigenvalue weighted by atomic mass is 10.0. The molecule has 206 valence electrons. The molecule has 11 heteroatoms. The second kappa shape index (κ2) is 11.7. The number of thiazole rings is 1. The zero-order chi connectivity index (χ0) is 27.0. The highest BCUT2D eigenvalue weighted by molar-refractivity contribution is 7.92. The number of anilines is 2. The summed E-state index contributed by atoms with van der Waals surface area (Å²) < 4.78 is 29.0. The molecule has 0 atom stereocenters. The molecule has 1 amide bonds. The van der Waals surface area contributed by atoms with Gasteiger partial charge in [-0.25, -0.2) is 13.4 Å². The quantitative estimate of drug-likeness (QED) is 0.210. The van der Waals surface area contributed by atoms with E-state index in [1.165, 1.54) is 22.6 Å². The molecular weight excluding hydrogens is 584 g/mol. The molecule has 1 aliphatic heterocycles. The Labute approximate surface area is 247 Å². The molecule has 6 rings (SSSR count). The third-order valence-corrected chi connectivity index (χ3v) is 10.4. The summed E-state index contributed by atoms with van der Waals surface area (Å²) in [6, 6.07) is 22.7. The van der Waals surface area contributed by atoms with Crippen LogP contribution in [-0.4, -0.2) is 37.3 Å². The maximum Gasteiger partial charge on any atom is 0.261 e. The van der Waals surface area contributed by atoms with Crippen molar-refractivity contribution >= 4 is 71.9 Å². The molecule has 0 fully saturated rings. The van der Waals surface area contributed by atoms with Gasteiger partial charge in [0.25, 0.3) is 15.9 Å². The van der Waals surface area contributed by atoms with Gasteiger partial charge in [-0.3, -0.25) is 14.4 Å². The van der Waals surface area contributed by atoms with Gasteiger partial charge >= 0.3 is 0 Å². The summed E-state index contributed by atoms with van der Waals surface area (Å²) in [6.45, 7) is 4.99. The molecule has 3 aromatic carbocycles. The average Bonchev–Trinajstić information content (AvgIpc) is 3.53. The van der Waals surface area contributed by atoms with E-state index < -0.39 is 10.0 Å². The van der Waals surface area contributed by atoms with Crippen molar-refractivity contribution in [3.63, 3.8) is 0 Å². The maximum atomic E-state index is 13.4. The Balaban J connectivity index is 0.00000323. The van der Waals surface area contributed by atoms with Crippen molar-refractivity contribution < 1.29 is 13.2 Å². The number of carbonyl (C=O) groups excluding carboxylic acids is 1. The van der Waals surface area contributed by atoms with Crippen molar-refractivity contribution in [1.29, 1.82) is 0 Å². The number of aromatic nitrogens is 1. The molecule has 2 N–H and O–H groups in total. The monoisotopic (exact) mass is 610 g/mol. The topological polar surface area (TPSA) is 91.4 Å². The fourth-order valence-electron chi connectivity index (χ4n) is 4.70.